The van der Waals surface area contributed by atoms with E-state index in [1.165, 1.54) is 0 Å². The summed E-state index contributed by atoms with van der Waals surface area (Å²) in [5.41, 5.74) is 2.25. The highest BCUT2D eigenvalue weighted by molar-refractivity contribution is 6.33. The molecule has 2 aromatic heterocycles. The predicted molar refractivity (Wildman–Crippen MR) is 113 cm³/mol. The van der Waals surface area contributed by atoms with E-state index in [0.717, 1.165) is 29.7 Å². The number of amides is 2. The van der Waals surface area contributed by atoms with Gasteiger partial charge in [-0.15, -0.1) is 0 Å². The second-order valence-electron chi connectivity index (χ2n) is 7.92. The summed E-state index contributed by atoms with van der Waals surface area (Å²) >= 11 is 6.21. The maximum absolute atomic E-state index is 13.3. The minimum Gasteiger partial charge on any atom is -0.340 e. The summed E-state index contributed by atoms with van der Waals surface area (Å²) in [7, 11) is 0. The summed E-state index contributed by atoms with van der Waals surface area (Å²) in [5, 5.41) is 0.418. The number of likely N-dealkylation sites (tertiary alicyclic amines) is 2. The summed E-state index contributed by atoms with van der Waals surface area (Å²) in [4.78, 5) is 42.0. The molecule has 3 aromatic rings. The molecule has 0 saturated carbocycles. The van der Waals surface area contributed by atoms with Gasteiger partial charge < -0.3 is 14.8 Å². The largest absolute Gasteiger partial charge is 0.340 e. The molecule has 1 aromatic carbocycles. The second-order valence-corrected chi connectivity index (χ2v) is 8.33. The molecule has 2 fully saturated rings. The molecule has 2 atom stereocenters. The van der Waals surface area contributed by atoms with Gasteiger partial charge in [-0.25, -0.2) is 4.98 Å². The number of carbonyl (C=O) groups excluding carboxylic acids is 2. The average Bonchev–Trinajstić information content (AvgIpc) is 3.51. The van der Waals surface area contributed by atoms with Gasteiger partial charge in [-0.3, -0.25) is 14.6 Å². The summed E-state index contributed by atoms with van der Waals surface area (Å²) < 4.78 is 0. The first-order valence-electron chi connectivity index (χ1n) is 10.3. The zero-order valence-corrected chi connectivity index (χ0v) is 17.2. The molecule has 0 aliphatic carbocycles. The van der Waals surface area contributed by atoms with Crippen LogP contribution in [0.1, 0.15) is 41.4 Å². The molecule has 8 heteroatoms. The van der Waals surface area contributed by atoms with Crippen LogP contribution in [0.5, 0.6) is 0 Å². The number of fused-ring (bicyclic) bond motifs is 1. The van der Waals surface area contributed by atoms with E-state index in [0.29, 0.717) is 36.6 Å². The second kappa shape index (κ2) is 7.72. The van der Waals surface area contributed by atoms with Crippen LogP contribution in [-0.4, -0.2) is 62.2 Å². The standard InChI is InChI=1S/C22H22ClN5O2/c23-16-5-2-1-4-15(16)21(29)28-10-3-6-19(28)22(30)27-11-8-14(13-27)20-25-17-7-9-24-12-18(17)26-20/h1-2,4-5,7,9,12,14,19H,3,6,8,10-11,13H2,(H,25,26). The number of H-pyrrole nitrogens is 1. The van der Waals surface area contributed by atoms with Crippen LogP contribution in [0.2, 0.25) is 5.02 Å². The minimum atomic E-state index is -0.424. The molecule has 2 amide bonds. The van der Waals surface area contributed by atoms with Crippen LogP contribution in [0.25, 0.3) is 11.0 Å². The Morgan fingerprint density at radius 2 is 2.00 bits per heavy atom. The number of imidazole rings is 1. The summed E-state index contributed by atoms with van der Waals surface area (Å²) in [6.07, 6.45) is 5.85. The first-order chi connectivity index (χ1) is 14.6. The monoisotopic (exact) mass is 423 g/mol. The average molecular weight is 424 g/mol. The molecule has 30 heavy (non-hydrogen) atoms. The Bertz CT molecular complexity index is 1080. The van der Waals surface area contributed by atoms with Crippen molar-refractivity contribution in [1.29, 1.82) is 0 Å². The zero-order chi connectivity index (χ0) is 20.7. The first kappa shape index (κ1) is 19.1. The number of nitrogens with one attached hydrogen (secondary N) is 1. The van der Waals surface area contributed by atoms with Crippen LogP contribution in [0.3, 0.4) is 0 Å². The number of aromatic amines is 1. The molecule has 5 rings (SSSR count). The van der Waals surface area contributed by atoms with Crippen molar-refractivity contribution in [3.63, 3.8) is 0 Å². The highest BCUT2D eigenvalue weighted by Crippen LogP contribution is 2.30. The van der Waals surface area contributed by atoms with Gasteiger partial charge in [-0.1, -0.05) is 23.7 Å². The number of nitrogens with zero attached hydrogens (tertiary/aromatic N) is 4. The van der Waals surface area contributed by atoms with E-state index in [-0.39, 0.29) is 17.7 Å². The number of pyridine rings is 1. The smallest absolute Gasteiger partial charge is 0.256 e. The van der Waals surface area contributed by atoms with Crippen molar-refractivity contribution < 1.29 is 9.59 Å². The molecule has 2 saturated heterocycles. The van der Waals surface area contributed by atoms with E-state index in [2.05, 4.69) is 15.0 Å². The maximum atomic E-state index is 13.3. The van der Waals surface area contributed by atoms with Crippen molar-refractivity contribution >= 4 is 34.4 Å². The van der Waals surface area contributed by atoms with E-state index in [1.54, 1.807) is 41.6 Å². The van der Waals surface area contributed by atoms with Crippen LogP contribution in [0, 0.1) is 0 Å². The van der Waals surface area contributed by atoms with Gasteiger partial charge >= 0.3 is 0 Å². The van der Waals surface area contributed by atoms with Crippen LogP contribution in [-0.2, 0) is 4.79 Å². The topological polar surface area (TPSA) is 82.2 Å². The Morgan fingerprint density at radius 3 is 2.83 bits per heavy atom. The van der Waals surface area contributed by atoms with Gasteiger partial charge in [0.2, 0.25) is 5.91 Å². The van der Waals surface area contributed by atoms with Crippen molar-refractivity contribution in [2.24, 2.45) is 0 Å². The van der Waals surface area contributed by atoms with Crippen LogP contribution >= 0.6 is 11.6 Å². The summed E-state index contributed by atoms with van der Waals surface area (Å²) in [5.74, 6) is 0.907. The predicted octanol–water partition coefficient (Wildman–Crippen LogP) is 3.23. The highest BCUT2D eigenvalue weighted by Gasteiger charge is 2.40. The molecule has 154 valence electrons. The lowest BCUT2D eigenvalue weighted by Gasteiger charge is -2.28. The lowest BCUT2D eigenvalue weighted by Crippen LogP contribution is -2.47. The van der Waals surface area contributed by atoms with Gasteiger partial charge in [0.1, 0.15) is 11.9 Å². The molecular weight excluding hydrogens is 402 g/mol. The molecule has 7 nitrogen and oxygen atoms in total. The van der Waals surface area contributed by atoms with E-state index >= 15 is 0 Å². The Hall–Kier alpha value is -2.93. The maximum Gasteiger partial charge on any atom is 0.256 e. The van der Waals surface area contributed by atoms with Crippen LogP contribution in [0.15, 0.2) is 42.7 Å². The van der Waals surface area contributed by atoms with Crippen molar-refractivity contribution in [3.05, 3.63) is 59.1 Å². The van der Waals surface area contributed by atoms with Crippen molar-refractivity contribution in [2.45, 2.75) is 31.2 Å². The summed E-state index contributed by atoms with van der Waals surface area (Å²) in [6, 6.07) is 8.46. The number of hydrogen-bond acceptors (Lipinski definition) is 4. The number of carbonyl (C=O) groups is 2. The van der Waals surface area contributed by atoms with Gasteiger partial charge in [0, 0.05) is 31.7 Å². The fraction of sp³-hybridized carbons (Fsp3) is 0.364. The van der Waals surface area contributed by atoms with Crippen molar-refractivity contribution in [2.75, 3.05) is 19.6 Å². The molecule has 0 bridgehead atoms. The lowest BCUT2D eigenvalue weighted by molar-refractivity contribution is -0.134. The number of halogens is 1. The molecule has 2 unspecified atom stereocenters. The third-order valence-electron chi connectivity index (χ3n) is 6.09. The molecule has 4 heterocycles. The van der Waals surface area contributed by atoms with Gasteiger partial charge in [-0.05, 0) is 37.5 Å². The number of benzene rings is 1. The first-order valence-corrected chi connectivity index (χ1v) is 10.6. The third-order valence-corrected chi connectivity index (χ3v) is 6.42. The van der Waals surface area contributed by atoms with Crippen molar-refractivity contribution in [1.82, 2.24) is 24.8 Å². The van der Waals surface area contributed by atoms with Gasteiger partial charge in [-0.2, -0.15) is 0 Å². The molecule has 2 aliphatic rings. The fourth-order valence-corrected chi connectivity index (χ4v) is 4.74. The molecule has 0 spiro atoms. The van der Waals surface area contributed by atoms with E-state index in [4.69, 9.17) is 11.6 Å². The van der Waals surface area contributed by atoms with Gasteiger partial charge in [0.15, 0.2) is 0 Å². The van der Waals surface area contributed by atoms with Gasteiger partial charge in [0.25, 0.3) is 5.91 Å². The highest BCUT2D eigenvalue weighted by atomic mass is 35.5. The molecule has 2 aliphatic heterocycles. The van der Waals surface area contributed by atoms with E-state index in [9.17, 15) is 9.59 Å². The fourth-order valence-electron chi connectivity index (χ4n) is 4.52. The SMILES string of the molecule is O=C(C1CCCN1C(=O)c1ccccc1Cl)N1CCC(c2nc3ccncc3[nH]2)C1. The summed E-state index contributed by atoms with van der Waals surface area (Å²) in [6.45, 7) is 1.86. The van der Waals surface area contributed by atoms with E-state index < -0.39 is 6.04 Å². The quantitative estimate of drug-likeness (QED) is 0.701. The lowest BCUT2D eigenvalue weighted by atomic mass is 10.1. The van der Waals surface area contributed by atoms with Gasteiger partial charge in [0.05, 0.1) is 27.8 Å². The Kier molecular flexibility index (Phi) is 4.90. The molecule has 1 N–H and O–H groups in total. The molecule has 0 radical (unpaired) electrons. The Balaban J connectivity index is 1.30. The number of aromatic nitrogens is 3. The van der Waals surface area contributed by atoms with Crippen LogP contribution in [0.4, 0.5) is 0 Å². The Morgan fingerprint density at radius 1 is 1.13 bits per heavy atom. The van der Waals surface area contributed by atoms with Crippen LogP contribution < -0.4 is 0 Å². The van der Waals surface area contributed by atoms with Crippen molar-refractivity contribution in [3.8, 4) is 0 Å². The Labute approximate surface area is 179 Å². The minimum absolute atomic E-state index is 0.0215. The molecular formula is C22H22ClN5O2. The third kappa shape index (κ3) is 3.33. The zero-order valence-electron chi connectivity index (χ0n) is 16.4. The number of rotatable bonds is 3. The normalized spacial score (nSPS) is 21.5. The van der Waals surface area contributed by atoms with E-state index in [1.807, 2.05) is 11.0 Å². The number of hydrogen-bond donors (Lipinski definition) is 1.